The highest BCUT2D eigenvalue weighted by Crippen LogP contribution is 2.67. The van der Waals surface area contributed by atoms with Gasteiger partial charge in [0.15, 0.2) is 0 Å². The number of furan rings is 1. The second-order valence-electron chi connectivity index (χ2n) is 10.2. The van der Waals surface area contributed by atoms with E-state index in [0.29, 0.717) is 5.56 Å². The molecule has 0 aliphatic heterocycles. The highest BCUT2D eigenvalue weighted by molar-refractivity contribution is 5.89. The Morgan fingerprint density at radius 2 is 1.94 bits per heavy atom. The average molecular weight is 421 g/mol. The van der Waals surface area contributed by atoms with E-state index in [9.17, 15) is 9.90 Å². The predicted octanol–water partition coefficient (Wildman–Crippen LogP) is 5.52. The molecule has 7 atom stereocenters. The number of aliphatic hydroxyl groups excluding tert-OH is 1. The molecule has 164 valence electrons. The summed E-state index contributed by atoms with van der Waals surface area (Å²) in [6.45, 7) is 8.82. The van der Waals surface area contributed by atoms with Gasteiger partial charge in [0.05, 0.1) is 11.8 Å². The van der Waals surface area contributed by atoms with E-state index in [1.165, 1.54) is 11.1 Å². The molecule has 1 heterocycles. The van der Waals surface area contributed by atoms with Gasteiger partial charge in [-0.2, -0.15) is 0 Å². The van der Waals surface area contributed by atoms with Crippen molar-refractivity contribution in [1.82, 2.24) is 0 Å². The van der Waals surface area contributed by atoms with Gasteiger partial charge in [0, 0.05) is 17.8 Å². The highest BCUT2D eigenvalue weighted by Gasteiger charge is 2.66. The molecule has 3 aliphatic rings. The Labute approximate surface area is 184 Å². The second-order valence-corrected chi connectivity index (χ2v) is 10.2. The molecule has 5 rings (SSSR count). The zero-order valence-corrected chi connectivity index (χ0v) is 18.8. The minimum Gasteiger partial charge on any atom is -0.469 e. The number of esters is 1. The molecule has 31 heavy (non-hydrogen) atoms. The van der Waals surface area contributed by atoms with Crippen LogP contribution in [0.4, 0.5) is 0 Å². The van der Waals surface area contributed by atoms with Gasteiger partial charge in [-0.05, 0) is 60.8 Å². The summed E-state index contributed by atoms with van der Waals surface area (Å²) in [5, 5.41) is 11.9. The van der Waals surface area contributed by atoms with Crippen LogP contribution in [0.25, 0.3) is 0 Å². The first-order valence-electron chi connectivity index (χ1n) is 11.5. The molecule has 0 radical (unpaired) electrons. The van der Waals surface area contributed by atoms with Crippen molar-refractivity contribution < 1.29 is 19.1 Å². The summed E-state index contributed by atoms with van der Waals surface area (Å²) in [5.74, 6) is 1.12. The van der Waals surface area contributed by atoms with Crippen molar-refractivity contribution in [2.45, 2.75) is 65.1 Å². The van der Waals surface area contributed by atoms with Crippen LogP contribution in [0.5, 0.6) is 0 Å². The van der Waals surface area contributed by atoms with Gasteiger partial charge in [0.2, 0.25) is 0 Å². The van der Waals surface area contributed by atoms with Crippen molar-refractivity contribution in [3.8, 4) is 0 Å². The number of aliphatic hydroxyl groups is 1. The smallest absolute Gasteiger partial charge is 0.338 e. The number of benzene rings is 1. The van der Waals surface area contributed by atoms with Gasteiger partial charge >= 0.3 is 5.97 Å². The van der Waals surface area contributed by atoms with Gasteiger partial charge in [-0.15, -0.1) is 0 Å². The van der Waals surface area contributed by atoms with E-state index >= 15 is 0 Å². The molecule has 1 N–H and O–H groups in total. The molecule has 0 unspecified atom stereocenters. The third-order valence-corrected chi connectivity index (χ3v) is 9.19. The van der Waals surface area contributed by atoms with Gasteiger partial charge in [-0.3, -0.25) is 0 Å². The molecule has 0 bridgehead atoms. The monoisotopic (exact) mass is 420 g/mol. The lowest BCUT2D eigenvalue weighted by molar-refractivity contribution is -0.207. The van der Waals surface area contributed by atoms with Crippen LogP contribution in [0.3, 0.4) is 0 Å². The number of ether oxygens (including phenoxy) is 1. The van der Waals surface area contributed by atoms with Crippen molar-refractivity contribution in [3.05, 3.63) is 71.2 Å². The molecule has 1 saturated carbocycles. The minimum absolute atomic E-state index is 0.0386. The number of allylic oxidation sites excluding steroid dienone is 1. The van der Waals surface area contributed by atoms with Crippen molar-refractivity contribution in [2.75, 3.05) is 0 Å². The molecule has 0 amide bonds. The number of carbonyl (C=O) groups is 1. The first-order valence-corrected chi connectivity index (χ1v) is 11.5. The summed E-state index contributed by atoms with van der Waals surface area (Å²) in [6.07, 6.45) is 5.54. The Balaban J connectivity index is 1.62. The fourth-order valence-corrected chi connectivity index (χ4v) is 7.08. The maximum Gasteiger partial charge on any atom is 0.338 e. The van der Waals surface area contributed by atoms with Crippen LogP contribution >= 0.6 is 0 Å². The van der Waals surface area contributed by atoms with Gasteiger partial charge in [0.25, 0.3) is 0 Å². The Morgan fingerprint density at radius 1 is 1.19 bits per heavy atom. The van der Waals surface area contributed by atoms with E-state index < -0.39 is 17.6 Å². The van der Waals surface area contributed by atoms with Gasteiger partial charge in [-0.25, -0.2) is 4.79 Å². The molecule has 1 aromatic carbocycles. The molecule has 1 fully saturated rings. The third kappa shape index (κ3) is 2.73. The summed E-state index contributed by atoms with van der Waals surface area (Å²) in [5.41, 5.74) is 2.34. The molecule has 4 nitrogen and oxygen atoms in total. The number of hydrogen-bond acceptors (Lipinski definition) is 4. The molecular weight excluding hydrogens is 388 g/mol. The first-order chi connectivity index (χ1) is 14.8. The fourth-order valence-electron chi connectivity index (χ4n) is 7.08. The van der Waals surface area contributed by atoms with Crippen LogP contribution in [0.2, 0.25) is 0 Å². The average Bonchev–Trinajstić information content (AvgIpc) is 3.24. The van der Waals surface area contributed by atoms with Crippen molar-refractivity contribution in [1.29, 1.82) is 0 Å². The van der Waals surface area contributed by atoms with E-state index in [2.05, 4.69) is 33.8 Å². The van der Waals surface area contributed by atoms with Gasteiger partial charge in [-0.1, -0.05) is 50.6 Å². The number of fused-ring (bicyclic) bond motifs is 4. The molecule has 0 spiro atoms. The largest absolute Gasteiger partial charge is 0.469 e. The van der Waals surface area contributed by atoms with Crippen LogP contribution in [0, 0.1) is 22.7 Å². The molecule has 3 aliphatic carbocycles. The van der Waals surface area contributed by atoms with E-state index in [0.717, 1.165) is 25.0 Å². The second kappa shape index (κ2) is 7.09. The molecule has 4 heteroatoms. The van der Waals surface area contributed by atoms with Crippen LogP contribution in [0.1, 0.15) is 68.1 Å². The van der Waals surface area contributed by atoms with E-state index in [1.54, 1.807) is 18.4 Å². The van der Waals surface area contributed by atoms with Crippen LogP contribution < -0.4 is 0 Å². The zero-order chi connectivity index (χ0) is 22.0. The maximum atomic E-state index is 13.1. The highest BCUT2D eigenvalue weighted by atomic mass is 16.6. The summed E-state index contributed by atoms with van der Waals surface area (Å²) >= 11 is 0. The SMILES string of the molecule is CC1=CCC[C@]2(C)[C@H]3Cc4occc4[C@H](C)[C@@H]3[C@@H](OC(=O)c3ccccc3)[C@@H](O)[C@]12C. The minimum atomic E-state index is -0.765. The molecule has 2 aromatic rings. The standard InChI is InChI=1S/C27H32O4/c1-16-9-8-13-26(3)20-15-21-19(12-14-30-21)17(2)22(20)23(24(28)27(16,26)4)31-25(29)18-10-6-5-7-11-18/h5-7,9-12,14,17,20,22-24,28H,8,13,15H2,1-4H3/t17-,20-,22-,23+,24+,26+,27-/m0/s1. The van der Waals surface area contributed by atoms with E-state index in [4.69, 9.17) is 9.15 Å². The van der Waals surface area contributed by atoms with Crippen molar-refractivity contribution in [2.24, 2.45) is 22.7 Å². The zero-order valence-electron chi connectivity index (χ0n) is 18.8. The number of hydrogen-bond donors (Lipinski definition) is 1. The fraction of sp³-hybridized carbons (Fsp3) is 0.519. The molecule has 1 aromatic heterocycles. The lowest BCUT2D eigenvalue weighted by Crippen LogP contribution is -2.67. The summed E-state index contributed by atoms with van der Waals surface area (Å²) in [7, 11) is 0. The Bertz CT molecular complexity index is 1020. The third-order valence-electron chi connectivity index (χ3n) is 9.19. The summed E-state index contributed by atoms with van der Waals surface area (Å²) in [6, 6.07) is 11.1. The van der Waals surface area contributed by atoms with Crippen molar-refractivity contribution in [3.63, 3.8) is 0 Å². The van der Waals surface area contributed by atoms with Crippen LogP contribution in [-0.2, 0) is 11.2 Å². The lowest BCUT2D eigenvalue weighted by Gasteiger charge is -2.65. The van der Waals surface area contributed by atoms with Crippen molar-refractivity contribution >= 4 is 5.97 Å². The molecular formula is C27H32O4. The lowest BCUT2D eigenvalue weighted by atomic mass is 9.41. The Kier molecular flexibility index (Phi) is 4.71. The van der Waals surface area contributed by atoms with E-state index in [-0.39, 0.29) is 29.1 Å². The van der Waals surface area contributed by atoms with Crippen LogP contribution in [-0.4, -0.2) is 23.3 Å². The number of rotatable bonds is 2. The van der Waals surface area contributed by atoms with E-state index in [1.807, 2.05) is 24.3 Å². The topological polar surface area (TPSA) is 59.7 Å². The predicted molar refractivity (Wildman–Crippen MR) is 119 cm³/mol. The molecule has 0 saturated heterocycles. The van der Waals surface area contributed by atoms with Gasteiger partial charge in [0.1, 0.15) is 18.0 Å². The quantitative estimate of drug-likeness (QED) is 0.513. The Hall–Kier alpha value is -2.33. The summed E-state index contributed by atoms with van der Waals surface area (Å²) in [4.78, 5) is 13.1. The maximum absolute atomic E-state index is 13.1. The Morgan fingerprint density at radius 3 is 2.68 bits per heavy atom. The number of carbonyl (C=O) groups excluding carboxylic acids is 1. The van der Waals surface area contributed by atoms with Crippen LogP contribution in [0.15, 0.2) is 58.7 Å². The normalized spacial score (nSPS) is 39.0. The first kappa shape index (κ1) is 20.6. The van der Waals surface area contributed by atoms with Gasteiger partial charge < -0.3 is 14.3 Å². The summed E-state index contributed by atoms with van der Waals surface area (Å²) < 4.78 is 12.1.